The Balaban J connectivity index is 1.57. The Kier molecular flexibility index (Phi) is 5.69. The van der Waals surface area contributed by atoms with Crippen LogP contribution in [0.3, 0.4) is 0 Å². The molecule has 0 unspecified atom stereocenters. The van der Waals surface area contributed by atoms with E-state index < -0.39 is 18.0 Å². The molecule has 0 bridgehead atoms. The zero-order valence-corrected chi connectivity index (χ0v) is 14.0. The van der Waals surface area contributed by atoms with E-state index in [0.717, 1.165) is 18.6 Å². The topological polar surface area (TPSA) is 71.0 Å². The summed E-state index contributed by atoms with van der Waals surface area (Å²) in [5, 5.41) is 11.9. The van der Waals surface area contributed by atoms with Crippen molar-refractivity contribution in [3.05, 3.63) is 29.8 Å². The average molecular weight is 374 g/mol. The molecular weight excluding hydrogens is 353 g/mol. The van der Waals surface area contributed by atoms with Crippen molar-refractivity contribution in [2.24, 2.45) is 0 Å². The number of nitrogens with one attached hydrogen (secondary N) is 1. The summed E-state index contributed by atoms with van der Waals surface area (Å²) in [6, 6.07) is 5.12. The maximum atomic E-state index is 12.4. The minimum Gasteiger partial charge on any atom is -0.406 e. The molecule has 2 heterocycles. The number of fused-ring (bicyclic) bond motifs is 1. The molecule has 1 aromatic rings. The molecule has 3 rings (SSSR count). The summed E-state index contributed by atoms with van der Waals surface area (Å²) in [6.45, 7) is 1.97. The second kappa shape index (κ2) is 7.81. The number of hydrogen-bond acceptors (Lipinski definition) is 5. The minimum atomic E-state index is -4.80. The van der Waals surface area contributed by atoms with Crippen molar-refractivity contribution in [1.82, 2.24) is 10.2 Å². The van der Waals surface area contributed by atoms with Gasteiger partial charge in [0.05, 0.1) is 12.7 Å². The lowest BCUT2D eigenvalue weighted by Gasteiger charge is -2.34. The van der Waals surface area contributed by atoms with Gasteiger partial charge in [-0.25, -0.2) is 0 Å². The normalized spacial score (nSPS) is 26.4. The van der Waals surface area contributed by atoms with Crippen LogP contribution < -0.4 is 10.1 Å². The molecule has 2 N–H and O–H groups in total. The second-order valence-electron chi connectivity index (χ2n) is 6.56. The fraction of sp³-hybridized carbons (Fsp3) is 0.588. The van der Waals surface area contributed by atoms with E-state index in [0.29, 0.717) is 26.1 Å². The van der Waals surface area contributed by atoms with Gasteiger partial charge in [-0.05, 0) is 31.0 Å². The molecule has 2 fully saturated rings. The summed E-state index contributed by atoms with van der Waals surface area (Å²) in [6.07, 6.45) is -3.51. The first-order chi connectivity index (χ1) is 12.3. The van der Waals surface area contributed by atoms with Crippen LogP contribution in [-0.4, -0.2) is 66.8 Å². The van der Waals surface area contributed by atoms with Crippen LogP contribution in [0.4, 0.5) is 13.2 Å². The molecule has 1 aromatic carbocycles. The maximum absolute atomic E-state index is 12.4. The van der Waals surface area contributed by atoms with Crippen LogP contribution >= 0.6 is 0 Å². The van der Waals surface area contributed by atoms with E-state index in [1.165, 1.54) is 12.1 Å². The molecule has 0 saturated carbocycles. The third kappa shape index (κ3) is 4.87. The van der Waals surface area contributed by atoms with Crippen LogP contribution in [0.15, 0.2) is 24.3 Å². The van der Waals surface area contributed by atoms with Gasteiger partial charge in [0.15, 0.2) is 0 Å². The van der Waals surface area contributed by atoms with Crippen LogP contribution in [0.25, 0.3) is 0 Å². The fourth-order valence-corrected chi connectivity index (χ4v) is 3.47. The lowest BCUT2D eigenvalue weighted by atomic mass is 10.1. The van der Waals surface area contributed by atoms with Crippen molar-refractivity contribution < 1.29 is 32.5 Å². The second-order valence-corrected chi connectivity index (χ2v) is 6.56. The standard InChI is InChI=1S/C17H21F3N2O4/c18-17(19,20)26-14-3-1-2-11(6-14)16(24)21-12-7-13-10-25-15(4-5-23)9-22(13)8-12/h1-3,6,12-13,15,23H,4-5,7-10H2,(H,21,24)/t12-,13-,15-/m0/s1. The molecule has 2 aliphatic heterocycles. The average Bonchev–Trinajstić information content (AvgIpc) is 2.95. The largest absolute Gasteiger partial charge is 0.573 e. The van der Waals surface area contributed by atoms with Gasteiger partial charge < -0.3 is 19.9 Å². The SMILES string of the molecule is O=C(N[C@H]1C[C@H]2CO[C@@H](CCO)CN2C1)c1cccc(OC(F)(F)F)c1. The Morgan fingerprint density at radius 3 is 2.92 bits per heavy atom. The van der Waals surface area contributed by atoms with Gasteiger partial charge in [0.2, 0.25) is 0 Å². The van der Waals surface area contributed by atoms with Crippen LogP contribution in [0.5, 0.6) is 5.75 Å². The highest BCUT2D eigenvalue weighted by Crippen LogP contribution is 2.26. The van der Waals surface area contributed by atoms with Crippen LogP contribution in [0.2, 0.25) is 0 Å². The molecule has 6 nitrogen and oxygen atoms in total. The molecule has 9 heteroatoms. The zero-order valence-electron chi connectivity index (χ0n) is 14.0. The van der Waals surface area contributed by atoms with Crippen LogP contribution in [-0.2, 0) is 4.74 Å². The number of morpholine rings is 1. The number of nitrogens with zero attached hydrogens (tertiary/aromatic N) is 1. The predicted octanol–water partition coefficient (Wildman–Crippen LogP) is 1.54. The van der Waals surface area contributed by atoms with Gasteiger partial charge in [-0.2, -0.15) is 0 Å². The van der Waals surface area contributed by atoms with E-state index >= 15 is 0 Å². The summed E-state index contributed by atoms with van der Waals surface area (Å²) >= 11 is 0. The summed E-state index contributed by atoms with van der Waals surface area (Å²) in [4.78, 5) is 14.6. The minimum absolute atomic E-state index is 0.0121. The molecule has 144 valence electrons. The Bertz CT molecular complexity index is 641. The van der Waals surface area contributed by atoms with E-state index in [-0.39, 0.29) is 30.4 Å². The number of alkyl halides is 3. The van der Waals surface area contributed by atoms with E-state index in [1.807, 2.05) is 0 Å². The Morgan fingerprint density at radius 2 is 2.19 bits per heavy atom. The summed E-state index contributed by atoms with van der Waals surface area (Å²) < 4.78 is 46.5. The number of carbonyl (C=O) groups excluding carboxylic acids is 1. The molecule has 0 aromatic heterocycles. The Morgan fingerprint density at radius 1 is 1.38 bits per heavy atom. The van der Waals surface area contributed by atoms with Crippen molar-refractivity contribution in [3.8, 4) is 5.75 Å². The smallest absolute Gasteiger partial charge is 0.406 e. The molecule has 0 aliphatic carbocycles. The van der Waals surface area contributed by atoms with Crippen LogP contribution in [0, 0.1) is 0 Å². The molecule has 0 spiro atoms. The lowest BCUT2D eigenvalue weighted by molar-refractivity contribution is -0.274. The van der Waals surface area contributed by atoms with Crippen molar-refractivity contribution in [3.63, 3.8) is 0 Å². The van der Waals surface area contributed by atoms with E-state index in [1.54, 1.807) is 0 Å². The van der Waals surface area contributed by atoms with Crippen molar-refractivity contribution in [1.29, 1.82) is 0 Å². The molecule has 26 heavy (non-hydrogen) atoms. The highest BCUT2D eigenvalue weighted by atomic mass is 19.4. The number of rotatable bonds is 5. The number of hydrogen-bond donors (Lipinski definition) is 2. The summed E-state index contributed by atoms with van der Waals surface area (Å²) in [7, 11) is 0. The number of carbonyl (C=O) groups is 1. The van der Waals surface area contributed by atoms with Gasteiger partial charge in [0, 0.05) is 37.3 Å². The Labute approximate surface area is 148 Å². The third-order valence-corrected chi connectivity index (χ3v) is 4.61. The highest BCUT2D eigenvalue weighted by molar-refractivity contribution is 5.94. The monoisotopic (exact) mass is 374 g/mol. The number of aliphatic hydroxyl groups excluding tert-OH is 1. The fourth-order valence-electron chi connectivity index (χ4n) is 3.47. The molecule has 1 amide bonds. The third-order valence-electron chi connectivity index (χ3n) is 4.61. The zero-order chi connectivity index (χ0) is 18.7. The van der Waals surface area contributed by atoms with Gasteiger partial charge in [-0.1, -0.05) is 6.07 Å². The number of aliphatic hydroxyl groups is 1. The first-order valence-corrected chi connectivity index (χ1v) is 8.47. The van der Waals surface area contributed by atoms with Crippen molar-refractivity contribution in [2.45, 2.75) is 37.4 Å². The highest BCUT2D eigenvalue weighted by Gasteiger charge is 2.38. The maximum Gasteiger partial charge on any atom is 0.573 e. The number of halogens is 3. The molecular formula is C17H21F3N2O4. The van der Waals surface area contributed by atoms with Crippen molar-refractivity contribution in [2.75, 3.05) is 26.3 Å². The lowest BCUT2D eigenvalue weighted by Crippen LogP contribution is -2.46. The predicted molar refractivity (Wildman–Crippen MR) is 85.8 cm³/mol. The first kappa shape index (κ1) is 18.9. The van der Waals surface area contributed by atoms with E-state index in [2.05, 4.69) is 15.0 Å². The molecule has 3 atom stereocenters. The van der Waals surface area contributed by atoms with Gasteiger partial charge in [0.25, 0.3) is 5.91 Å². The Hall–Kier alpha value is -1.84. The van der Waals surface area contributed by atoms with E-state index in [9.17, 15) is 18.0 Å². The first-order valence-electron chi connectivity index (χ1n) is 8.47. The van der Waals surface area contributed by atoms with Gasteiger partial charge in [0.1, 0.15) is 5.75 Å². The van der Waals surface area contributed by atoms with Gasteiger partial charge in [-0.15, -0.1) is 13.2 Å². The summed E-state index contributed by atoms with van der Waals surface area (Å²) in [5.41, 5.74) is 0.117. The number of benzene rings is 1. The van der Waals surface area contributed by atoms with Crippen LogP contribution in [0.1, 0.15) is 23.2 Å². The number of amides is 1. The van der Waals surface area contributed by atoms with Gasteiger partial charge >= 0.3 is 6.36 Å². The van der Waals surface area contributed by atoms with Gasteiger partial charge in [-0.3, -0.25) is 9.69 Å². The summed E-state index contributed by atoms with van der Waals surface area (Å²) in [5.74, 6) is -0.857. The van der Waals surface area contributed by atoms with E-state index in [4.69, 9.17) is 9.84 Å². The van der Waals surface area contributed by atoms with Crippen molar-refractivity contribution >= 4 is 5.91 Å². The molecule has 0 radical (unpaired) electrons. The molecule has 2 aliphatic rings. The molecule has 2 saturated heterocycles. The quantitative estimate of drug-likeness (QED) is 0.818. The number of ether oxygens (including phenoxy) is 2.